The maximum absolute atomic E-state index is 13.9. The van der Waals surface area contributed by atoms with Crippen LogP contribution in [-0.4, -0.2) is 60.9 Å². The second kappa shape index (κ2) is 20.5. The number of nitrogens with two attached hydrogens (primary N) is 1. The number of ketones is 1. The van der Waals surface area contributed by atoms with Crippen LogP contribution in [0.1, 0.15) is 72.1 Å². The zero-order valence-electron chi connectivity index (χ0n) is 29.4. The molecule has 0 aromatic heterocycles. The molecule has 3 aromatic rings. The van der Waals surface area contributed by atoms with Crippen molar-refractivity contribution in [3.05, 3.63) is 107 Å². The molecule has 268 valence electrons. The summed E-state index contributed by atoms with van der Waals surface area (Å²) >= 11 is 0. The molecule has 0 radical (unpaired) electrons. The van der Waals surface area contributed by atoms with Crippen molar-refractivity contribution in [1.82, 2.24) is 16.0 Å². The Bertz CT molecular complexity index is 1540. The molecule has 0 aliphatic carbocycles. The van der Waals surface area contributed by atoms with Gasteiger partial charge < -0.3 is 31.2 Å². The summed E-state index contributed by atoms with van der Waals surface area (Å²) in [5.74, 6) is -2.25. The Kier molecular flexibility index (Phi) is 16.1. The average Bonchev–Trinajstić information content (AvgIpc) is 3.09. The van der Waals surface area contributed by atoms with Crippen LogP contribution in [0.3, 0.4) is 0 Å². The number of esters is 1. The summed E-state index contributed by atoms with van der Waals surface area (Å²) in [6.07, 6.45) is 1.07. The van der Waals surface area contributed by atoms with Gasteiger partial charge in [0.15, 0.2) is 12.4 Å². The van der Waals surface area contributed by atoms with Crippen LogP contribution in [0.25, 0.3) is 0 Å². The highest BCUT2D eigenvalue weighted by Crippen LogP contribution is 2.15. The summed E-state index contributed by atoms with van der Waals surface area (Å²) < 4.78 is 10.8. The molecule has 0 saturated carbocycles. The van der Waals surface area contributed by atoms with E-state index in [-0.39, 0.29) is 31.8 Å². The van der Waals surface area contributed by atoms with Gasteiger partial charge in [-0.25, -0.2) is 9.59 Å². The Hall–Kier alpha value is -5.03. The lowest BCUT2D eigenvalue weighted by atomic mass is 10.00. The second-order valence-electron chi connectivity index (χ2n) is 12.8. The van der Waals surface area contributed by atoms with E-state index < -0.39 is 54.4 Å². The van der Waals surface area contributed by atoms with Crippen LogP contribution in [0, 0.1) is 19.8 Å². The van der Waals surface area contributed by atoms with Crippen LogP contribution in [-0.2, 0) is 36.9 Å². The zero-order valence-corrected chi connectivity index (χ0v) is 29.4. The number of nitrogens with one attached hydrogen (secondary N) is 3. The van der Waals surface area contributed by atoms with Gasteiger partial charge in [0.2, 0.25) is 11.8 Å². The summed E-state index contributed by atoms with van der Waals surface area (Å²) in [5, 5.41) is 8.26. The van der Waals surface area contributed by atoms with E-state index in [1.54, 1.807) is 26.0 Å². The molecule has 0 heterocycles. The predicted molar refractivity (Wildman–Crippen MR) is 191 cm³/mol. The molecule has 11 nitrogen and oxygen atoms in total. The SMILES string of the molecule is Cc1cccc(C)c1C(=O)OCC(=O)[C@H](CCCCN)NC(=O)[C@H](Cc1ccccc1)NC(=O)[C@H](CC(C)C)NC(=O)OCc1ccccc1. The van der Waals surface area contributed by atoms with Gasteiger partial charge in [-0.1, -0.05) is 92.7 Å². The van der Waals surface area contributed by atoms with E-state index >= 15 is 0 Å². The number of carbonyl (C=O) groups is 5. The lowest BCUT2D eigenvalue weighted by molar-refractivity contribution is -0.133. The highest BCUT2D eigenvalue weighted by molar-refractivity contribution is 5.97. The minimum Gasteiger partial charge on any atom is -0.454 e. The van der Waals surface area contributed by atoms with Gasteiger partial charge in [-0.05, 0) is 74.2 Å². The number of Topliss-reactive ketones (excluding diaryl/α,β-unsaturated/α-hetero) is 1. The molecule has 0 unspecified atom stereocenters. The van der Waals surface area contributed by atoms with Gasteiger partial charge >= 0.3 is 12.1 Å². The molecular formula is C39H50N4O7. The number of alkyl carbamates (subject to hydrolysis) is 1. The first-order valence-corrected chi connectivity index (χ1v) is 17.1. The van der Waals surface area contributed by atoms with E-state index in [1.807, 2.05) is 80.6 Å². The Morgan fingerprint density at radius 1 is 0.680 bits per heavy atom. The van der Waals surface area contributed by atoms with E-state index in [0.29, 0.717) is 24.9 Å². The number of rotatable bonds is 19. The van der Waals surface area contributed by atoms with E-state index in [9.17, 15) is 24.0 Å². The smallest absolute Gasteiger partial charge is 0.408 e. The maximum Gasteiger partial charge on any atom is 0.408 e. The summed E-state index contributed by atoms with van der Waals surface area (Å²) in [4.78, 5) is 66.6. The largest absolute Gasteiger partial charge is 0.454 e. The van der Waals surface area contributed by atoms with Crippen molar-refractivity contribution in [3.63, 3.8) is 0 Å². The third-order valence-electron chi connectivity index (χ3n) is 8.13. The lowest BCUT2D eigenvalue weighted by Crippen LogP contribution is -2.57. The molecule has 0 aliphatic rings. The number of aryl methyl sites for hydroxylation is 2. The first-order valence-electron chi connectivity index (χ1n) is 17.1. The fourth-order valence-corrected chi connectivity index (χ4v) is 5.47. The summed E-state index contributed by atoms with van der Waals surface area (Å²) in [5.41, 5.74) is 9.10. The van der Waals surface area contributed by atoms with Gasteiger partial charge in [0.05, 0.1) is 11.6 Å². The molecule has 0 saturated heterocycles. The maximum atomic E-state index is 13.9. The molecule has 5 N–H and O–H groups in total. The van der Waals surface area contributed by atoms with Gasteiger partial charge in [-0.2, -0.15) is 0 Å². The van der Waals surface area contributed by atoms with Crippen molar-refractivity contribution < 1.29 is 33.4 Å². The van der Waals surface area contributed by atoms with E-state index in [4.69, 9.17) is 15.2 Å². The second-order valence-corrected chi connectivity index (χ2v) is 12.8. The van der Waals surface area contributed by atoms with Crippen LogP contribution < -0.4 is 21.7 Å². The van der Waals surface area contributed by atoms with Crippen molar-refractivity contribution in [2.75, 3.05) is 13.2 Å². The lowest BCUT2D eigenvalue weighted by Gasteiger charge is -2.26. The van der Waals surface area contributed by atoms with Crippen molar-refractivity contribution in [1.29, 1.82) is 0 Å². The number of amides is 3. The van der Waals surface area contributed by atoms with Crippen LogP contribution in [0.15, 0.2) is 78.9 Å². The number of hydrogen-bond donors (Lipinski definition) is 4. The number of hydrogen-bond acceptors (Lipinski definition) is 8. The molecular weight excluding hydrogens is 636 g/mol. The number of ether oxygens (including phenoxy) is 2. The van der Waals surface area contributed by atoms with E-state index in [1.165, 1.54) is 0 Å². The summed E-state index contributed by atoms with van der Waals surface area (Å²) in [7, 11) is 0. The number of carbonyl (C=O) groups excluding carboxylic acids is 5. The zero-order chi connectivity index (χ0) is 36.5. The molecule has 3 aromatic carbocycles. The predicted octanol–water partition coefficient (Wildman–Crippen LogP) is 4.71. The van der Waals surface area contributed by atoms with E-state index in [0.717, 1.165) is 22.3 Å². The molecule has 3 amide bonds. The topological polar surface area (TPSA) is 166 Å². The van der Waals surface area contributed by atoms with Crippen molar-refractivity contribution in [2.45, 2.75) is 84.5 Å². The first-order chi connectivity index (χ1) is 24.0. The third-order valence-corrected chi connectivity index (χ3v) is 8.13. The molecule has 50 heavy (non-hydrogen) atoms. The van der Waals surface area contributed by atoms with E-state index in [2.05, 4.69) is 16.0 Å². The average molecular weight is 687 g/mol. The Labute approximate surface area is 294 Å². The first kappa shape index (κ1) is 39.4. The highest BCUT2D eigenvalue weighted by Gasteiger charge is 2.31. The quantitative estimate of drug-likeness (QED) is 0.104. The van der Waals surface area contributed by atoms with Gasteiger partial charge in [0.25, 0.3) is 0 Å². The Morgan fingerprint density at radius 3 is 1.86 bits per heavy atom. The van der Waals surface area contributed by atoms with Gasteiger partial charge in [-0.15, -0.1) is 0 Å². The van der Waals surface area contributed by atoms with Crippen LogP contribution in [0.2, 0.25) is 0 Å². The van der Waals surface area contributed by atoms with Crippen molar-refractivity contribution in [3.8, 4) is 0 Å². The monoisotopic (exact) mass is 686 g/mol. The van der Waals surface area contributed by atoms with Gasteiger partial charge in [-0.3, -0.25) is 14.4 Å². The van der Waals surface area contributed by atoms with Crippen molar-refractivity contribution in [2.24, 2.45) is 11.7 Å². The third kappa shape index (κ3) is 13.1. The summed E-state index contributed by atoms with van der Waals surface area (Å²) in [6.45, 7) is 7.30. The minimum absolute atomic E-state index is 0.0253. The molecule has 11 heteroatoms. The normalized spacial score (nSPS) is 12.7. The molecule has 3 rings (SSSR count). The fourth-order valence-electron chi connectivity index (χ4n) is 5.47. The molecule has 0 spiro atoms. The van der Waals surface area contributed by atoms with Gasteiger partial charge in [0.1, 0.15) is 18.7 Å². The standard InChI is InChI=1S/C39H50N4O7/c1-26(2)22-32(43-39(48)50-24-30-18-9-6-10-19-30)36(45)42-33(23-29-16-7-5-8-17-29)37(46)41-31(20-11-12-21-40)34(44)25-49-38(47)35-27(3)14-13-15-28(35)4/h5-10,13-19,26,31-33H,11-12,20-25,40H2,1-4H3,(H,41,46)(H,42,45)(H,43,48)/t31-,32-,33-/m0/s1. The molecule has 0 fully saturated rings. The van der Waals surface area contributed by atoms with Crippen LogP contribution in [0.5, 0.6) is 0 Å². The number of benzene rings is 3. The highest BCUT2D eigenvalue weighted by atomic mass is 16.5. The molecule has 0 aliphatic heterocycles. The fraction of sp³-hybridized carbons (Fsp3) is 0.410. The Balaban J connectivity index is 1.76. The van der Waals surface area contributed by atoms with Crippen molar-refractivity contribution >= 4 is 29.7 Å². The molecule has 3 atom stereocenters. The summed E-state index contributed by atoms with van der Waals surface area (Å²) in [6, 6.07) is 20.6. The van der Waals surface area contributed by atoms with Gasteiger partial charge in [0, 0.05) is 6.42 Å². The minimum atomic E-state index is -1.09. The van der Waals surface area contributed by atoms with Crippen LogP contribution >= 0.6 is 0 Å². The Morgan fingerprint density at radius 2 is 1.26 bits per heavy atom. The number of unbranched alkanes of at least 4 members (excludes halogenated alkanes) is 1. The molecule has 0 bridgehead atoms. The van der Waals surface area contributed by atoms with Crippen LogP contribution in [0.4, 0.5) is 4.79 Å².